The molecule has 16 heavy (non-hydrogen) atoms. The summed E-state index contributed by atoms with van der Waals surface area (Å²) in [4.78, 5) is 11.4. The van der Waals surface area contributed by atoms with Crippen molar-refractivity contribution >= 4 is 23.2 Å². The summed E-state index contributed by atoms with van der Waals surface area (Å²) >= 11 is 5.66. The van der Waals surface area contributed by atoms with E-state index in [0.29, 0.717) is 0 Å². The van der Waals surface area contributed by atoms with E-state index in [2.05, 4.69) is 5.32 Å². The molecule has 0 aliphatic heterocycles. The molecule has 0 heterocycles. The Labute approximate surface area is 97.8 Å². The molecule has 1 unspecified atom stereocenters. The van der Waals surface area contributed by atoms with Crippen molar-refractivity contribution in [3.63, 3.8) is 0 Å². The number of phenols is 1. The molecule has 88 valence electrons. The number of hydrogen-bond acceptors (Lipinski definition) is 4. The van der Waals surface area contributed by atoms with Gasteiger partial charge in [0.2, 0.25) is 5.91 Å². The van der Waals surface area contributed by atoms with Crippen LogP contribution in [0.2, 0.25) is 5.02 Å². The van der Waals surface area contributed by atoms with E-state index in [1.54, 1.807) is 6.07 Å². The molecule has 0 spiro atoms. The molecular weight excluding hydrogens is 232 g/mol. The number of nitrogens with one attached hydrogen (secondary N) is 1. The van der Waals surface area contributed by atoms with E-state index in [1.165, 1.54) is 12.1 Å². The minimum absolute atomic E-state index is 0.00888. The van der Waals surface area contributed by atoms with Gasteiger partial charge in [-0.15, -0.1) is 0 Å². The summed E-state index contributed by atoms with van der Waals surface area (Å²) in [6, 6.07) is 4.60. The molecule has 1 aromatic rings. The highest BCUT2D eigenvalue weighted by Crippen LogP contribution is 2.31. The highest BCUT2D eigenvalue weighted by atomic mass is 35.5. The molecule has 5 N–H and O–H groups in total. The Bertz CT molecular complexity index is 384. The first kappa shape index (κ1) is 12.8. The van der Waals surface area contributed by atoms with Crippen LogP contribution in [0.1, 0.15) is 6.42 Å². The summed E-state index contributed by atoms with van der Waals surface area (Å²) in [7, 11) is 0. The molecule has 0 saturated carbocycles. The standard InChI is InChI=1S/C10H13ClN2O3/c11-7-2-1-3-8(10(7)16)13-9(15)4-6(14)5-12/h1-3,6,14,16H,4-5,12H2,(H,13,15). The predicted molar refractivity (Wildman–Crippen MR) is 61.4 cm³/mol. The van der Waals surface area contributed by atoms with Gasteiger partial charge in [0.1, 0.15) is 0 Å². The van der Waals surface area contributed by atoms with Gasteiger partial charge in [0, 0.05) is 6.54 Å². The van der Waals surface area contributed by atoms with Crippen molar-refractivity contribution in [1.82, 2.24) is 0 Å². The summed E-state index contributed by atoms with van der Waals surface area (Å²) < 4.78 is 0. The number of halogens is 1. The van der Waals surface area contributed by atoms with E-state index in [-0.39, 0.29) is 29.4 Å². The van der Waals surface area contributed by atoms with Gasteiger partial charge in [0.15, 0.2) is 5.75 Å². The van der Waals surface area contributed by atoms with Crippen molar-refractivity contribution < 1.29 is 15.0 Å². The zero-order chi connectivity index (χ0) is 12.1. The average molecular weight is 245 g/mol. The Kier molecular flexibility index (Phi) is 4.54. The van der Waals surface area contributed by atoms with Crippen molar-refractivity contribution in [1.29, 1.82) is 0 Å². The Morgan fingerprint density at radius 1 is 1.56 bits per heavy atom. The van der Waals surface area contributed by atoms with Gasteiger partial charge in [-0.2, -0.15) is 0 Å². The Morgan fingerprint density at radius 2 is 2.25 bits per heavy atom. The number of hydrogen-bond donors (Lipinski definition) is 4. The van der Waals surface area contributed by atoms with Crippen molar-refractivity contribution in [2.45, 2.75) is 12.5 Å². The van der Waals surface area contributed by atoms with Gasteiger partial charge < -0.3 is 21.3 Å². The summed E-state index contributed by atoms with van der Waals surface area (Å²) in [5.74, 6) is -0.629. The highest BCUT2D eigenvalue weighted by molar-refractivity contribution is 6.32. The number of amides is 1. The van der Waals surface area contributed by atoms with E-state index in [1.807, 2.05) is 0 Å². The van der Waals surface area contributed by atoms with Crippen LogP contribution < -0.4 is 11.1 Å². The quantitative estimate of drug-likeness (QED) is 0.586. The number of carbonyl (C=O) groups is 1. The maximum Gasteiger partial charge on any atom is 0.227 e. The molecule has 0 bridgehead atoms. The molecule has 6 heteroatoms. The fourth-order valence-corrected chi connectivity index (χ4v) is 1.29. The minimum Gasteiger partial charge on any atom is -0.504 e. The van der Waals surface area contributed by atoms with E-state index in [0.717, 1.165) is 0 Å². The van der Waals surface area contributed by atoms with Crippen LogP contribution in [0.4, 0.5) is 5.69 Å². The van der Waals surface area contributed by atoms with Crippen LogP contribution >= 0.6 is 11.6 Å². The van der Waals surface area contributed by atoms with Crippen molar-refractivity contribution in [2.75, 3.05) is 11.9 Å². The third kappa shape index (κ3) is 3.37. The number of anilines is 1. The number of aliphatic hydroxyl groups is 1. The van der Waals surface area contributed by atoms with Gasteiger partial charge in [-0.25, -0.2) is 0 Å². The molecule has 5 nitrogen and oxygen atoms in total. The van der Waals surface area contributed by atoms with Gasteiger partial charge in [0.05, 0.1) is 23.2 Å². The van der Waals surface area contributed by atoms with Crippen LogP contribution in [0.5, 0.6) is 5.75 Å². The van der Waals surface area contributed by atoms with E-state index in [4.69, 9.17) is 22.4 Å². The third-order valence-corrected chi connectivity index (χ3v) is 2.26. The summed E-state index contributed by atoms with van der Waals surface area (Å²) in [5, 5.41) is 21.2. The second kappa shape index (κ2) is 5.69. The number of aromatic hydroxyl groups is 1. The fraction of sp³-hybridized carbons (Fsp3) is 0.300. The Balaban J connectivity index is 2.66. The maximum absolute atomic E-state index is 11.4. The Morgan fingerprint density at radius 3 is 2.88 bits per heavy atom. The first-order chi connectivity index (χ1) is 7.54. The first-order valence-corrected chi connectivity index (χ1v) is 5.08. The Hall–Kier alpha value is -1.30. The zero-order valence-electron chi connectivity index (χ0n) is 8.48. The van der Waals surface area contributed by atoms with Crippen LogP contribution in [-0.4, -0.2) is 28.8 Å². The highest BCUT2D eigenvalue weighted by Gasteiger charge is 2.12. The smallest absolute Gasteiger partial charge is 0.227 e. The normalized spacial score (nSPS) is 12.2. The first-order valence-electron chi connectivity index (χ1n) is 4.70. The summed E-state index contributed by atoms with van der Waals surface area (Å²) in [6.07, 6.45) is -1.01. The maximum atomic E-state index is 11.4. The van der Waals surface area contributed by atoms with E-state index in [9.17, 15) is 9.90 Å². The topological polar surface area (TPSA) is 95.6 Å². The lowest BCUT2D eigenvalue weighted by Crippen LogP contribution is -2.26. The molecule has 1 atom stereocenters. The van der Waals surface area contributed by atoms with E-state index < -0.39 is 12.0 Å². The molecule has 0 fully saturated rings. The number of benzene rings is 1. The van der Waals surface area contributed by atoms with Crippen LogP contribution in [0.15, 0.2) is 18.2 Å². The van der Waals surface area contributed by atoms with Gasteiger partial charge in [-0.3, -0.25) is 4.79 Å². The number of para-hydroxylation sites is 1. The predicted octanol–water partition coefficient (Wildman–Crippen LogP) is 0.694. The molecule has 0 aliphatic carbocycles. The van der Waals surface area contributed by atoms with Gasteiger partial charge in [0.25, 0.3) is 0 Å². The lowest BCUT2D eigenvalue weighted by Gasteiger charge is -2.10. The van der Waals surface area contributed by atoms with Gasteiger partial charge in [-0.05, 0) is 12.1 Å². The molecule has 0 radical (unpaired) electrons. The molecule has 0 aromatic heterocycles. The summed E-state index contributed by atoms with van der Waals surface area (Å²) in [5.41, 5.74) is 5.38. The van der Waals surface area contributed by atoms with Gasteiger partial charge in [-0.1, -0.05) is 17.7 Å². The molecule has 0 aliphatic rings. The number of carbonyl (C=O) groups excluding carboxylic acids is 1. The minimum atomic E-state index is -0.888. The van der Waals surface area contributed by atoms with Crippen LogP contribution in [0, 0.1) is 0 Å². The van der Waals surface area contributed by atoms with Crippen LogP contribution in [0.3, 0.4) is 0 Å². The van der Waals surface area contributed by atoms with E-state index >= 15 is 0 Å². The monoisotopic (exact) mass is 244 g/mol. The second-order valence-corrected chi connectivity index (χ2v) is 3.69. The van der Waals surface area contributed by atoms with Crippen molar-refractivity contribution in [3.8, 4) is 5.75 Å². The number of rotatable bonds is 4. The molecule has 1 amide bonds. The second-order valence-electron chi connectivity index (χ2n) is 3.28. The molecule has 1 aromatic carbocycles. The zero-order valence-corrected chi connectivity index (χ0v) is 9.24. The number of aliphatic hydroxyl groups excluding tert-OH is 1. The lowest BCUT2D eigenvalue weighted by atomic mass is 10.2. The van der Waals surface area contributed by atoms with Crippen LogP contribution in [0.25, 0.3) is 0 Å². The third-order valence-electron chi connectivity index (χ3n) is 1.95. The van der Waals surface area contributed by atoms with Crippen LogP contribution in [-0.2, 0) is 4.79 Å². The lowest BCUT2D eigenvalue weighted by molar-refractivity contribution is -0.117. The largest absolute Gasteiger partial charge is 0.504 e. The molecular formula is C10H13ClN2O3. The summed E-state index contributed by atoms with van der Waals surface area (Å²) in [6.45, 7) is 0.00888. The molecule has 0 saturated heterocycles. The van der Waals surface area contributed by atoms with Crippen molar-refractivity contribution in [3.05, 3.63) is 23.2 Å². The average Bonchev–Trinajstić information content (AvgIpc) is 2.24. The number of nitrogens with two attached hydrogens (primary N) is 1. The SMILES string of the molecule is NCC(O)CC(=O)Nc1cccc(Cl)c1O. The van der Waals surface area contributed by atoms with Gasteiger partial charge >= 0.3 is 0 Å². The number of phenolic OH excluding ortho intramolecular Hbond substituents is 1. The molecule has 1 rings (SSSR count). The van der Waals surface area contributed by atoms with Crippen molar-refractivity contribution in [2.24, 2.45) is 5.73 Å². The fourth-order valence-electron chi connectivity index (χ4n) is 1.11.